The molecule has 0 saturated heterocycles. The number of methoxy groups -OCH3 is 1. The SMILES string of the molecule is COC(=O)c1cc(F)cc(-c2sccc2Br)c1. The minimum atomic E-state index is -0.543. The van der Waals surface area contributed by atoms with Crippen LogP contribution < -0.4 is 0 Å². The maximum absolute atomic E-state index is 13.4. The third kappa shape index (κ3) is 2.56. The quantitative estimate of drug-likeness (QED) is 0.780. The summed E-state index contributed by atoms with van der Waals surface area (Å²) in [5.41, 5.74) is 0.870. The molecule has 17 heavy (non-hydrogen) atoms. The normalized spacial score (nSPS) is 10.3. The van der Waals surface area contributed by atoms with E-state index in [1.807, 2.05) is 11.4 Å². The van der Waals surface area contributed by atoms with Gasteiger partial charge < -0.3 is 4.74 Å². The van der Waals surface area contributed by atoms with Gasteiger partial charge >= 0.3 is 5.97 Å². The van der Waals surface area contributed by atoms with Crippen LogP contribution in [0.25, 0.3) is 10.4 Å². The van der Waals surface area contributed by atoms with E-state index in [1.54, 1.807) is 6.07 Å². The molecule has 5 heteroatoms. The molecule has 0 spiro atoms. The van der Waals surface area contributed by atoms with E-state index in [-0.39, 0.29) is 5.56 Å². The smallest absolute Gasteiger partial charge is 0.337 e. The fourth-order valence-corrected chi connectivity index (χ4v) is 3.05. The first-order valence-corrected chi connectivity index (χ1v) is 6.41. The first kappa shape index (κ1) is 12.3. The lowest BCUT2D eigenvalue weighted by Gasteiger charge is -2.04. The van der Waals surface area contributed by atoms with E-state index in [9.17, 15) is 9.18 Å². The number of halogens is 2. The van der Waals surface area contributed by atoms with E-state index in [2.05, 4.69) is 20.7 Å². The van der Waals surface area contributed by atoms with Crippen molar-refractivity contribution in [1.82, 2.24) is 0 Å². The molecule has 88 valence electrons. The summed E-state index contributed by atoms with van der Waals surface area (Å²) in [4.78, 5) is 12.3. The number of esters is 1. The van der Waals surface area contributed by atoms with E-state index in [1.165, 1.54) is 24.5 Å². The molecule has 2 aromatic rings. The fourth-order valence-electron chi connectivity index (χ4n) is 1.46. The molecule has 0 saturated carbocycles. The monoisotopic (exact) mass is 314 g/mol. The molecule has 0 fully saturated rings. The first-order chi connectivity index (χ1) is 8.11. The number of hydrogen-bond donors (Lipinski definition) is 0. The van der Waals surface area contributed by atoms with Crippen LogP contribution in [0.3, 0.4) is 0 Å². The minimum absolute atomic E-state index is 0.211. The molecule has 2 nitrogen and oxygen atoms in total. The lowest BCUT2D eigenvalue weighted by Crippen LogP contribution is -2.01. The second-order valence-corrected chi connectivity index (χ2v) is 5.09. The Labute approximate surface area is 110 Å². The van der Waals surface area contributed by atoms with Crippen molar-refractivity contribution in [2.24, 2.45) is 0 Å². The lowest BCUT2D eigenvalue weighted by atomic mass is 10.1. The summed E-state index contributed by atoms with van der Waals surface area (Å²) in [7, 11) is 1.27. The van der Waals surface area contributed by atoms with Crippen LogP contribution in [0.1, 0.15) is 10.4 Å². The molecule has 0 N–H and O–H groups in total. The Morgan fingerprint density at radius 3 is 2.76 bits per heavy atom. The van der Waals surface area contributed by atoms with Gasteiger partial charge in [-0.25, -0.2) is 9.18 Å². The maximum Gasteiger partial charge on any atom is 0.337 e. The maximum atomic E-state index is 13.4. The van der Waals surface area contributed by atoms with Crippen molar-refractivity contribution in [3.8, 4) is 10.4 Å². The average Bonchev–Trinajstić information content (AvgIpc) is 2.73. The molecule has 0 bridgehead atoms. The molecule has 1 aromatic carbocycles. The van der Waals surface area contributed by atoms with Crippen molar-refractivity contribution in [2.75, 3.05) is 7.11 Å². The first-order valence-electron chi connectivity index (χ1n) is 4.74. The zero-order chi connectivity index (χ0) is 12.4. The molecule has 1 heterocycles. The van der Waals surface area contributed by atoms with Gasteiger partial charge in [0.2, 0.25) is 0 Å². The van der Waals surface area contributed by atoms with Gasteiger partial charge in [-0.05, 0) is 51.1 Å². The number of carbonyl (C=O) groups excluding carboxylic acids is 1. The molecular formula is C12H8BrFO2S. The highest BCUT2D eigenvalue weighted by atomic mass is 79.9. The Bertz CT molecular complexity index is 565. The predicted molar refractivity (Wildman–Crippen MR) is 68.8 cm³/mol. The highest BCUT2D eigenvalue weighted by Gasteiger charge is 2.12. The van der Waals surface area contributed by atoms with E-state index in [0.29, 0.717) is 5.56 Å². The molecule has 0 aliphatic carbocycles. The summed E-state index contributed by atoms with van der Waals surface area (Å²) >= 11 is 4.85. The molecular weight excluding hydrogens is 307 g/mol. The molecule has 1 aromatic heterocycles. The summed E-state index contributed by atoms with van der Waals surface area (Å²) in [6.07, 6.45) is 0. The van der Waals surface area contributed by atoms with E-state index in [0.717, 1.165) is 15.4 Å². The van der Waals surface area contributed by atoms with Gasteiger partial charge in [0.15, 0.2) is 0 Å². The van der Waals surface area contributed by atoms with Crippen LogP contribution in [0, 0.1) is 5.82 Å². The van der Waals surface area contributed by atoms with Gasteiger partial charge in [-0.1, -0.05) is 0 Å². The van der Waals surface area contributed by atoms with Crippen molar-refractivity contribution >= 4 is 33.2 Å². The van der Waals surface area contributed by atoms with Gasteiger partial charge in [0.1, 0.15) is 5.82 Å². The predicted octanol–water partition coefficient (Wildman–Crippen LogP) is 4.10. The molecule has 0 aliphatic rings. The number of thiophene rings is 1. The van der Waals surface area contributed by atoms with E-state index >= 15 is 0 Å². The molecule has 0 amide bonds. The Hall–Kier alpha value is -1.20. The molecule has 0 unspecified atom stereocenters. The Morgan fingerprint density at radius 1 is 1.41 bits per heavy atom. The number of rotatable bonds is 2. The van der Waals surface area contributed by atoms with Crippen LogP contribution in [0.5, 0.6) is 0 Å². The largest absolute Gasteiger partial charge is 0.465 e. The summed E-state index contributed by atoms with van der Waals surface area (Å²) in [5.74, 6) is -0.998. The zero-order valence-electron chi connectivity index (χ0n) is 8.87. The van der Waals surface area contributed by atoms with Crippen LogP contribution in [0.4, 0.5) is 4.39 Å². The van der Waals surface area contributed by atoms with Crippen LogP contribution in [0.15, 0.2) is 34.1 Å². The van der Waals surface area contributed by atoms with Gasteiger partial charge in [0.25, 0.3) is 0 Å². The summed E-state index contributed by atoms with van der Waals surface area (Å²) in [6, 6.07) is 6.05. The highest BCUT2D eigenvalue weighted by Crippen LogP contribution is 2.34. The third-order valence-electron chi connectivity index (χ3n) is 2.20. The van der Waals surface area contributed by atoms with Crippen LogP contribution in [-0.4, -0.2) is 13.1 Å². The number of ether oxygens (including phenoxy) is 1. The van der Waals surface area contributed by atoms with Crippen molar-refractivity contribution in [3.63, 3.8) is 0 Å². The number of hydrogen-bond acceptors (Lipinski definition) is 3. The van der Waals surface area contributed by atoms with Gasteiger partial charge in [0, 0.05) is 9.35 Å². The topological polar surface area (TPSA) is 26.3 Å². The highest BCUT2D eigenvalue weighted by molar-refractivity contribution is 9.10. The van der Waals surface area contributed by atoms with Gasteiger partial charge in [-0.2, -0.15) is 0 Å². The van der Waals surface area contributed by atoms with Crippen molar-refractivity contribution in [2.45, 2.75) is 0 Å². The Balaban J connectivity index is 2.53. The van der Waals surface area contributed by atoms with Crippen LogP contribution in [-0.2, 0) is 4.74 Å². The van der Waals surface area contributed by atoms with Crippen LogP contribution in [0.2, 0.25) is 0 Å². The van der Waals surface area contributed by atoms with Gasteiger partial charge in [-0.3, -0.25) is 0 Å². The molecule has 0 radical (unpaired) electrons. The van der Waals surface area contributed by atoms with Gasteiger partial charge in [-0.15, -0.1) is 11.3 Å². The zero-order valence-corrected chi connectivity index (χ0v) is 11.3. The minimum Gasteiger partial charge on any atom is -0.465 e. The number of carbonyl (C=O) groups is 1. The fraction of sp³-hybridized carbons (Fsp3) is 0.0833. The average molecular weight is 315 g/mol. The summed E-state index contributed by atoms with van der Waals surface area (Å²) in [5, 5.41) is 1.89. The third-order valence-corrected chi connectivity index (χ3v) is 4.09. The number of benzene rings is 1. The Kier molecular flexibility index (Phi) is 3.59. The summed E-state index contributed by atoms with van der Waals surface area (Å²) < 4.78 is 18.9. The van der Waals surface area contributed by atoms with Crippen molar-refractivity contribution in [3.05, 3.63) is 45.5 Å². The summed E-state index contributed by atoms with van der Waals surface area (Å²) in [6.45, 7) is 0. The standard InChI is InChI=1S/C12H8BrFO2S/c1-16-12(15)8-4-7(5-9(14)6-8)11-10(13)2-3-17-11/h2-6H,1H3. The van der Waals surface area contributed by atoms with E-state index in [4.69, 9.17) is 0 Å². The second kappa shape index (κ2) is 4.98. The Morgan fingerprint density at radius 2 is 2.18 bits per heavy atom. The molecule has 0 atom stereocenters. The van der Waals surface area contributed by atoms with Crippen LogP contribution >= 0.6 is 27.3 Å². The molecule has 0 aliphatic heterocycles. The van der Waals surface area contributed by atoms with Gasteiger partial charge in [0.05, 0.1) is 12.7 Å². The van der Waals surface area contributed by atoms with Crippen molar-refractivity contribution < 1.29 is 13.9 Å². The van der Waals surface area contributed by atoms with Crippen molar-refractivity contribution in [1.29, 1.82) is 0 Å². The second-order valence-electron chi connectivity index (χ2n) is 3.32. The van der Waals surface area contributed by atoms with E-state index < -0.39 is 11.8 Å². The molecule has 2 rings (SSSR count). The lowest BCUT2D eigenvalue weighted by molar-refractivity contribution is 0.0600.